The Morgan fingerprint density at radius 3 is 2.50 bits per heavy atom. The van der Waals surface area contributed by atoms with Crippen molar-refractivity contribution < 1.29 is 0 Å². The fourth-order valence-corrected chi connectivity index (χ4v) is 3.69. The minimum absolute atomic E-state index is 0.545. The molecule has 0 aromatic heterocycles. The molecule has 2 heterocycles. The van der Waals surface area contributed by atoms with Crippen molar-refractivity contribution in [1.29, 1.82) is 0 Å². The van der Waals surface area contributed by atoms with Crippen molar-refractivity contribution in [2.24, 2.45) is 0 Å². The molecule has 0 saturated heterocycles. The van der Waals surface area contributed by atoms with E-state index in [9.17, 15) is 0 Å². The van der Waals surface area contributed by atoms with E-state index in [-0.39, 0.29) is 0 Å². The van der Waals surface area contributed by atoms with Gasteiger partial charge < -0.3 is 9.88 Å². The second kappa shape index (κ2) is 5.52. The van der Waals surface area contributed by atoms with Crippen LogP contribution in [0.15, 0.2) is 0 Å². The van der Waals surface area contributed by atoms with Crippen LogP contribution in [0.5, 0.6) is 0 Å². The number of aryl methyl sites for hydroxylation is 1. The largest absolute Gasteiger partial charge is 0.368 e. The first-order valence-corrected chi connectivity index (χ1v) is 8.78. The fourth-order valence-electron chi connectivity index (χ4n) is 3.69. The van der Waals surface area contributed by atoms with Crippen molar-refractivity contribution in [1.82, 2.24) is 19.5 Å². The summed E-state index contributed by atoms with van der Waals surface area (Å²) < 4.78 is 2.37. The third kappa shape index (κ3) is 2.36. The third-order valence-electron chi connectivity index (χ3n) is 4.96. The van der Waals surface area contributed by atoms with E-state index in [0.29, 0.717) is 12.0 Å². The van der Waals surface area contributed by atoms with Gasteiger partial charge in [-0.25, -0.2) is 15.0 Å². The Hall–Kier alpha value is -1.65. The number of fused-ring (bicyclic) bond motifs is 1. The van der Waals surface area contributed by atoms with E-state index in [4.69, 9.17) is 15.0 Å². The summed E-state index contributed by atoms with van der Waals surface area (Å²) in [6, 6.07) is 0.545. The topological polar surface area (TPSA) is 55.6 Å². The van der Waals surface area contributed by atoms with Gasteiger partial charge in [0.1, 0.15) is 11.6 Å². The third-order valence-corrected chi connectivity index (χ3v) is 4.96. The van der Waals surface area contributed by atoms with Crippen molar-refractivity contribution in [3.05, 3.63) is 11.6 Å². The second-order valence-corrected chi connectivity index (χ2v) is 6.73. The lowest BCUT2D eigenvalue weighted by Crippen LogP contribution is -2.20. The van der Waals surface area contributed by atoms with Gasteiger partial charge in [-0.3, -0.25) is 0 Å². The molecule has 0 unspecified atom stereocenters. The smallest absolute Gasteiger partial charge is 0.166 e. The lowest BCUT2D eigenvalue weighted by molar-refractivity contribution is 0.345. The average Bonchev–Trinajstić information content (AvgIpc) is 3.28. The van der Waals surface area contributed by atoms with Gasteiger partial charge in [0.05, 0.1) is 0 Å². The predicted molar refractivity (Wildman–Crippen MR) is 87.4 cm³/mol. The monoisotopic (exact) mass is 299 g/mol. The molecule has 2 saturated carbocycles. The first-order valence-electron chi connectivity index (χ1n) is 8.78. The first-order chi connectivity index (χ1) is 10.8. The van der Waals surface area contributed by atoms with E-state index in [0.717, 1.165) is 35.5 Å². The molecule has 5 nitrogen and oxygen atoms in total. The van der Waals surface area contributed by atoms with Crippen LogP contribution in [0.1, 0.15) is 75.5 Å². The van der Waals surface area contributed by atoms with Gasteiger partial charge in [0, 0.05) is 18.5 Å². The van der Waals surface area contributed by atoms with Crippen molar-refractivity contribution >= 4 is 5.82 Å². The van der Waals surface area contributed by atoms with Crippen molar-refractivity contribution in [3.63, 3.8) is 0 Å². The highest BCUT2D eigenvalue weighted by Gasteiger charge is 2.33. The SMILES string of the molecule is CCNc1nc(C)n(C2CCCCC2)c2nc(C3CC3)nc1-2. The summed E-state index contributed by atoms with van der Waals surface area (Å²) in [4.78, 5) is 14.6. The van der Waals surface area contributed by atoms with Crippen LogP contribution in [0.25, 0.3) is 11.5 Å². The molecular formula is C17H25N5. The molecule has 0 atom stereocenters. The number of hydrogen-bond acceptors (Lipinski definition) is 4. The number of hydrogen-bond donors (Lipinski definition) is 1. The van der Waals surface area contributed by atoms with Gasteiger partial charge in [-0.15, -0.1) is 0 Å². The lowest BCUT2D eigenvalue weighted by Gasteiger charge is -2.28. The average molecular weight is 299 g/mol. The van der Waals surface area contributed by atoms with Gasteiger partial charge in [0.2, 0.25) is 0 Å². The second-order valence-electron chi connectivity index (χ2n) is 6.73. The van der Waals surface area contributed by atoms with Crippen LogP contribution >= 0.6 is 0 Å². The van der Waals surface area contributed by atoms with Crippen LogP contribution in [0.3, 0.4) is 0 Å². The molecule has 0 aromatic carbocycles. The van der Waals surface area contributed by atoms with Crippen molar-refractivity contribution in [2.45, 2.75) is 70.8 Å². The molecule has 2 aliphatic heterocycles. The molecule has 5 heteroatoms. The van der Waals surface area contributed by atoms with E-state index in [1.54, 1.807) is 0 Å². The van der Waals surface area contributed by atoms with Crippen LogP contribution in [-0.2, 0) is 0 Å². The van der Waals surface area contributed by atoms with Crippen LogP contribution in [0.2, 0.25) is 0 Å². The van der Waals surface area contributed by atoms with E-state index in [1.165, 1.54) is 44.9 Å². The number of nitrogens with zero attached hydrogens (tertiary/aromatic N) is 4. The molecule has 4 rings (SSSR count). The maximum Gasteiger partial charge on any atom is 0.166 e. The van der Waals surface area contributed by atoms with Gasteiger partial charge in [0.25, 0.3) is 0 Å². The molecule has 0 radical (unpaired) electrons. The first kappa shape index (κ1) is 14.0. The molecule has 118 valence electrons. The van der Waals surface area contributed by atoms with Gasteiger partial charge >= 0.3 is 0 Å². The van der Waals surface area contributed by atoms with E-state index in [1.807, 2.05) is 0 Å². The molecule has 22 heavy (non-hydrogen) atoms. The van der Waals surface area contributed by atoms with E-state index >= 15 is 0 Å². The minimum atomic E-state index is 0.545. The lowest BCUT2D eigenvalue weighted by atomic mass is 9.95. The van der Waals surface area contributed by atoms with Gasteiger partial charge in [-0.1, -0.05) is 19.3 Å². The van der Waals surface area contributed by atoms with Crippen LogP contribution < -0.4 is 5.32 Å². The summed E-state index contributed by atoms with van der Waals surface area (Å²) in [5, 5.41) is 3.37. The quantitative estimate of drug-likeness (QED) is 0.930. The van der Waals surface area contributed by atoms with Crippen molar-refractivity contribution in [2.75, 3.05) is 11.9 Å². The highest BCUT2D eigenvalue weighted by molar-refractivity contribution is 5.68. The normalized spacial score (nSPS) is 19.7. The van der Waals surface area contributed by atoms with Crippen LogP contribution in [0.4, 0.5) is 5.82 Å². The number of anilines is 1. The molecule has 0 spiro atoms. The fraction of sp³-hybridized carbons (Fsp3) is 0.706. The molecular weight excluding hydrogens is 274 g/mol. The maximum absolute atomic E-state index is 4.93. The summed E-state index contributed by atoms with van der Waals surface area (Å²) in [5.41, 5.74) is 0.972. The Balaban J connectivity index is 1.84. The zero-order chi connectivity index (χ0) is 15.1. The number of rotatable bonds is 4. The van der Waals surface area contributed by atoms with E-state index in [2.05, 4.69) is 23.7 Å². The number of imidazole rings is 1. The van der Waals surface area contributed by atoms with Crippen LogP contribution in [-0.4, -0.2) is 26.1 Å². The number of aromatic nitrogens is 4. The maximum atomic E-state index is 4.93. The minimum Gasteiger partial charge on any atom is -0.368 e. The molecule has 0 amide bonds. The molecule has 1 N–H and O–H groups in total. The highest BCUT2D eigenvalue weighted by Crippen LogP contribution is 2.42. The van der Waals surface area contributed by atoms with Crippen LogP contribution in [0, 0.1) is 6.92 Å². The zero-order valence-corrected chi connectivity index (χ0v) is 13.6. The van der Waals surface area contributed by atoms with Gasteiger partial charge in [0.15, 0.2) is 17.3 Å². The summed E-state index contributed by atoms with van der Waals surface area (Å²) in [5.74, 6) is 4.64. The summed E-state index contributed by atoms with van der Waals surface area (Å²) in [6.07, 6.45) is 8.96. The summed E-state index contributed by atoms with van der Waals surface area (Å²) >= 11 is 0. The molecule has 4 aliphatic rings. The van der Waals surface area contributed by atoms with E-state index < -0.39 is 0 Å². The standard InChI is InChI=1S/C17H25N5/c1-3-18-16-14-17(21-15(20-14)12-9-10-12)22(11(2)19-16)13-7-5-4-6-8-13/h12-13,18H,3-10H2,1-2H3. The summed E-state index contributed by atoms with van der Waals surface area (Å²) in [6.45, 7) is 5.07. The number of nitrogens with one attached hydrogen (secondary N) is 1. The molecule has 0 aromatic rings. The Morgan fingerprint density at radius 1 is 1.05 bits per heavy atom. The Bertz CT molecular complexity index is 637. The van der Waals surface area contributed by atoms with Gasteiger partial charge in [-0.2, -0.15) is 0 Å². The Kier molecular flexibility index (Phi) is 3.51. The van der Waals surface area contributed by atoms with Gasteiger partial charge in [-0.05, 0) is 39.5 Å². The zero-order valence-electron chi connectivity index (χ0n) is 13.6. The summed E-state index contributed by atoms with van der Waals surface area (Å²) in [7, 11) is 0. The molecule has 2 fully saturated rings. The molecule has 0 bridgehead atoms. The highest BCUT2D eigenvalue weighted by atomic mass is 15.2. The predicted octanol–water partition coefficient (Wildman–Crippen LogP) is 3.90. The Labute approximate surface area is 131 Å². The molecule has 2 aliphatic carbocycles. The Morgan fingerprint density at radius 2 is 1.82 bits per heavy atom. The van der Waals surface area contributed by atoms with Crippen molar-refractivity contribution in [3.8, 4) is 11.5 Å².